The largest absolute Gasteiger partial charge is 0.493 e. The van der Waals surface area contributed by atoms with Gasteiger partial charge in [-0.05, 0) is 30.3 Å². The molecule has 2 heterocycles. The molecule has 0 unspecified atom stereocenters. The number of methoxy groups -OCH3 is 2. The number of benzene rings is 2. The molecule has 1 aromatic heterocycles. The van der Waals surface area contributed by atoms with Crippen LogP contribution >= 0.6 is 23.2 Å². The number of ether oxygens (including phenoxy) is 2. The standard InChI is InChI=1S/C23H21Cl2N5O5/c1-34-20-12-16(19(30(32)33)13-21(20)35-2)23(31)29-9-7-28(8-10-29)22-6-5-18(26-27-22)15-4-3-14(24)11-17(15)25/h3-6,11-13H,7-10H2,1-2H3. The van der Waals surface area contributed by atoms with Gasteiger partial charge in [-0.25, -0.2) is 0 Å². The first-order valence-electron chi connectivity index (χ1n) is 10.6. The SMILES string of the molecule is COc1cc(C(=O)N2CCN(c3ccc(-c4ccc(Cl)cc4Cl)nn3)CC2)c([N+](=O)[O-])cc1OC. The molecule has 0 aliphatic carbocycles. The lowest BCUT2D eigenvalue weighted by Crippen LogP contribution is -2.49. The van der Waals surface area contributed by atoms with E-state index < -0.39 is 10.8 Å². The van der Waals surface area contributed by atoms with E-state index in [4.69, 9.17) is 32.7 Å². The topological polar surface area (TPSA) is 111 Å². The third-order valence-electron chi connectivity index (χ3n) is 5.68. The van der Waals surface area contributed by atoms with E-state index in [-0.39, 0.29) is 22.7 Å². The number of rotatable bonds is 6. The van der Waals surface area contributed by atoms with Crippen molar-refractivity contribution in [3.8, 4) is 22.8 Å². The second-order valence-electron chi connectivity index (χ2n) is 7.66. The predicted octanol–water partition coefficient (Wildman–Crippen LogP) is 4.34. The summed E-state index contributed by atoms with van der Waals surface area (Å²) in [4.78, 5) is 27.7. The van der Waals surface area contributed by atoms with Crippen molar-refractivity contribution in [2.24, 2.45) is 0 Å². The summed E-state index contributed by atoms with van der Waals surface area (Å²) in [6, 6.07) is 11.4. The predicted molar refractivity (Wildman–Crippen MR) is 132 cm³/mol. The number of aromatic nitrogens is 2. The molecule has 4 rings (SSSR count). The normalized spacial score (nSPS) is 13.5. The molecule has 182 valence electrons. The zero-order chi connectivity index (χ0) is 25.1. The average Bonchev–Trinajstić information content (AvgIpc) is 2.87. The number of anilines is 1. The van der Waals surface area contributed by atoms with E-state index in [1.165, 1.54) is 26.4 Å². The van der Waals surface area contributed by atoms with Crippen LogP contribution in [0.1, 0.15) is 10.4 Å². The Hall–Kier alpha value is -3.63. The second kappa shape index (κ2) is 10.3. The Kier molecular flexibility index (Phi) is 7.23. The maximum atomic E-state index is 13.2. The number of carbonyl (C=O) groups is 1. The molecule has 0 spiro atoms. The Morgan fingerprint density at radius 2 is 1.66 bits per heavy atom. The summed E-state index contributed by atoms with van der Waals surface area (Å²) in [5, 5.41) is 21.2. The maximum Gasteiger partial charge on any atom is 0.286 e. The Balaban J connectivity index is 1.47. The average molecular weight is 518 g/mol. The van der Waals surface area contributed by atoms with Gasteiger partial charge in [0.25, 0.3) is 11.6 Å². The minimum Gasteiger partial charge on any atom is -0.493 e. The number of carbonyl (C=O) groups excluding carboxylic acids is 1. The van der Waals surface area contributed by atoms with Crippen molar-refractivity contribution in [1.29, 1.82) is 0 Å². The highest BCUT2D eigenvalue weighted by Gasteiger charge is 2.30. The van der Waals surface area contributed by atoms with Crippen LogP contribution in [-0.4, -0.2) is 66.3 Å². The number of nitro benzene ring substituents is 1. The van der Waals surface area contributed by atoms with Crippen LogP contribution in [0.15, 0.2) is 42.5 Å². The first kappa shape index (κ1) is 24.5. The summed E-state index contributed by atoms with van der Waals surface area (Å²) in [6.07, 6.45) is 0. The number of hydrogen-bond acceptors (Lipinski definition) is 8. The molecule has 12 heteroatoms. The Labute approximate surface area is 211 Å². The minimum atomic E-state index is -0.602. The van der Waals surface area contributed by atoms with Gasteiger partial charge in [-0.1, -0.05) is 23.2 Å². The quantitative estimate of drug-likeness (QED) is 0.350. The third kappa shape index (κ3) is 5.08. The maximum absolute atomic E-state index is 13.2. The van der Waals surface area contributed by atoms with Crippen LogP contribution in [0.2, 0.25) is 10.0 Å². The van der Waals surface area contributed by atoms with E-state index in [9.17, 15) is 14.9 Å². The minimum absolute atomic E-state index is 0.0508. The van der Waals surface area contributed by atoms with Crippen molar-refractivity contribution >= 4 is 40.6 Å². The van der Waals surface area contributed by atoms with Gasteiger partial charge in [0, 0.05) is 42.8 Å². The van der Waals surface area contributed by atoms with Gasteiger partial charge in [-0.2, -0.15) is 0 Å². The number of nitro groups is 1. The molecule has 1 saturated heterocycles. The highest BCUT2D eigenvalue weighted by atomic mass is 35.5. The van der Waals surface area contributed by atoms with E-state index in [2.05, 4.69) is 10.2 Å². The number of halogens is 2. The lowest BCUT2D eigenvalue weighted by atomic mass is 10.1. The van der Waals surface area contributed by atoms with Gasteiger partial charge in [0.15, 0.2) is 17.3 Å². The van der Waals surface area contributed by atoms with Gasteiger partial charge in [0.1, 0.15) is 5.56 Å². The smallest absolute Gasteiger partial charge is 0.286 e. The Morgan fingerprint density at radius 1 is 0.971 bits per heavy atom. The molecule has 1 fully saturated rings. The van der Waals surface area contributed by atoms with Gasteiger partial charge in [0.2, 0.25) is 0 Å². The Morgan fingerprint density at radius 3 is 2.23 bits per heavy atom. The lowest BCUT2D eigenvalue weighted by molar-refractivity contribution is -0.385. The molecule has 0 N–H and O–H groups in total. The zero-order valence-corrected chi connectivity index (χ0v) is 20.4. The fourth-order valence-corrected chi connectivity index (χ4v) is 4.34. The molecule has 2 aromatic carbocycles. The number of hydrogen-bond donors (Lipinski definition) is 0. The molecule has 0 bridgehead atoms. The van der Waals surface area contributed by atoms with E-state index in [0.717, 1.165) is 5.56 Å². The van der Waals surface area contributed by atoms with Gasteiger partial charge >= 0.3 is 0 Å². The van der Waals surface area contributed by atoms with Gasteiger partial charge in [-0.3, -0.25) is 14.9 Å². The molecule has 0 saturated carbocycles. The van der Waals surface area contributed by atoms with Crippen molar-refractivity contribution in [2.75, 3.05) is 45.3 Å². The van der Waals surface area contributed by atoms with Crippen molar-refractivity contribution in [3.05, 3.63) is 68.2 Å². The first-order chi connectivity index (χ1) is 16.8. The molecule has 10 nitrogen and oxygen atoms in total. The monoisotopic (exact) mass is 517 g/mol. The fourth-order valence-electron chi connectivity index (χ4n) is 3.83. The van der Waals surface area contributed by atoms with E-state index in [1.54, 1.807) is 23.1 Å². The number of amides is 1. The van der Waals surface area contributed by atoms with E-state index >= 15 is 0 Å². The summed E-state index contributed by atoms with van der Waals surface area (Å²) in [6.45, 7) is 1.69. The van der Waals surface area contributed by atoms with E-state index in [1.807, 2.05) is 17.0 Å². The van der Waals surface area contributed by atoms with Crippen LogP contribution < -0.4 is 14.4 Å². The van der Waals surface area contributed by atoms with Crippen LogP contribution in [0.4, 0.5) is 11.5 Å². The molecule has 1 amide bonds. The number of piperazine rings is 1. The van der Waals surface area contributed by atoms with Crippen molar-refractivity contribution in [3.63, 3.8) is 0 Å². The fraction of sp³-hybridized carbons (Fsp3) is 0.261. The zero-order valence-electron chi connectivity index (χ0n) is 18.9. The summed E-state index contributed by atoms with van der Waals surface area (Å²) in [5.74, 6) is 0.637. The van der Waals surface area contributed by atoms with Crippen LogP contribution in [0.5, 0.6) is 11.5 Å². The molecule has 1 aliphatic rings. The van der Waals surface area contributed by atoms with Crippen molar-refractivity contribution in [2.45, 2.75) is 0 Å². The van der Waals surface area contributed by atoms with Crippen LogP contribution in [0.25, 0.3) is 11.3 Å². The summed E-state index contributed by atoms with van der Waals surface area (Å²) >= 11 is 12.2. The molecule has 3 aromatic rings. The van der Waals surface area contributed by atoms with Crippen molar-refractivity contribution in [1.82, 2.24) is 15.1 Å². The molecular formula is C23H21Cl2N5O5. The second-order valence-corrected chi connectivity index (χ2v) is 8.51. The summed E-state index contributed by atoms with van der Waals surface area (Å²) in [5.41, 5.74) is 0.953. The molecule has 0 radical (unpaired) electrons. The van der Waals surface area contributed by atoms with Crippen LogP contribution in [0, 0.1) is 10.1 Å². The molecule has 1 aliphatic heterocycles. The van der Waals surface area contributed by atoms with E-state index in [0.29, 0.717) is 47.7 Å². The van der Waals surface area contributed by atoms with Gasteiger partial charge in [0.05, 0.1) is 35.9 Å². The lowest BCUT2D eigenvalue weighted by Gasteiger charge is -2.35. The molecular weight excluding hydrogens is 497 g/mol. The third-order valence-corrected chi connectivity index (χ3v) is 6.23. The number of nitrogens with zero attached hydrogens (tertiary/aromatic N) is 5. The summed E-state index contributed by atoms with van der Waals surface area (Å²) < 4.78 is 10.4. The Bertz CT molecular complexity index is 1260. The van der Waals surface area contributed by atoms with Crippen molar-refractivity contribution < 1.29 is 19.2 Å². The highest BCUT2D eigenvalue weighted by Crippen LogP contribution is 2.35. The van der Waals surface area contributed by atoms with Gasteiger partial charge in [-0.15, -0.1) is 10.2 Å². The van der Waals surface area contributed by atoms with Crippen LogP contribution in [-0.2, 0) is 0 Å². The molecule has 35 heavy (non-hydrogen) atoms. The van der Waals surface area contributed by atoms with Gasteiger partial charge < -0.3 is 19.3 Å². The molecule has 0 atom stereocenters. The summed E-state index contributed by atoms with van der Waals surface area (Å²) in [7, 11) is 2.78. The highest BCUT2D eigenvalue weighted by molar-refractivity contribution is 6.36. The first-order valence-corrected chi connectivity index (χ1v) is 11.3. The van der Waals surface area contributed by atoms with Crippen LogP contribution in [0.3, 0.4) is 0 Å².